The summed E-state index contributed by atoms with van der Waals surface area (Å²) in [6.45, 7) is 9.01. The van der Waals surface area contributed by atoms with Gasteiger partial charge in [0.2, 0.25) is 5.88 Å². The molecule has 0 saturated carbocycles. The molecule has 0 bridgehead atoms. The zero-order valence-electron chi connectivity index (χ0n) is 11.3. The summed E-state index contributed by atoms with van der Waals surface area (Å²) in [6.07, 6.45) is 4.24. The lowest BCUT2D eigenvalue weighted by atomic mass is 9.99. The standard InChI is InChI=1S/C14H21BrN2O/c1-14(2,3)17-8-6-12(7-9-17)18-13-5-4-11(15)10-16-13/h4-5,10,12H,6-9H2,1-3H3. The van der Waals surface area contributed by atoms with Gasteiger partial charge in [0.15, 0.2) is 0 Å². The summed E-state index contributed by atoms with van der Waals surface area (Å²) in [7, 11) is 0. The maximum absolute atomic E-state index is 5.91. The normalized spacial score (nSPS) is 18.9. The summed E-state index contributed by atoms with van der Waals surface area (Å²) in [5.41, 5.74) is 0.265. The van der Waals surface area contributed by atoms with Gasteiger partial charge in [0.1, 0.15) is 6.10 Å². The zero-order valence-corrected chi connectivity index (χ0v) is 12.9. The quantitative estimate of drug-likeness (QED) is 0.836. The summed E-state index contributed by atoms with van der Waals surface area (Å²) < 4.78 is 6.90. The van der Waals surface area contributed by atoms with Crippen molar-refractivity contribution in [2.75, 3.05) is 13.1 Å². The van der Waals surface area contributed by atoms with Crippen LogP contribution in [0.3, 0.4) is 0 Å². The van der Waals surface area contributed by atoms with Gasteiger partial charge >= 0.3 is 0 Å². The SMILES string of the molecule is CC(C)(C)N1CCC(Oc2ccc(Br)cn2)CC1. The molecule has 0 atom stereocenters. The molecule has 1 fully saturated rings. The smallest absolute Gasteiger partial charge is 0.213 e. The van der Waals surface area contributed by atoms with E-state index in [4.69, 9.17) is 4.74 Å². The first-order chi connectivity index (χ1) is 8.45. The van der Waals surface area contributed by atoms with Gasteiger partial charge in [-0.05, 0) is 55.6 Å². The molecule has 2 heterocycles. The fourth-order valence-corrected chi connectivity index (χ4v) is 2.48. The third-order valence-electron chi connectivity index (χ3n) is 3.38. The number of pyridine rings is 1. The molecule has 18 heavy (non-hydrogen) atoms. The van der Waals surface area contributed by atoms with E-state index in [1.54, 1.807) is 6.20 Å². The van der Waals surface area contributed by atoms with Gasteiger partial charge in [-0.3, -0.25) is 4.90 Å². The van der Waals surface area contributed by atoms with Crippen molar-refractivity contribution in [3.8, 4) is 5.88 Å². The van der Waals surface area contributed by atoms with E-state index in [2.05, 4.69) is 46.6 Å². The predicted octanol–water partition coefficient (Wildman–Crippen LogP) is 3.49. The highest BCUT2D eigenvalue weighted by molar-refractivity contribution is 9.10. The lowest BCUT2D eigenvalue weighted by Crippen LogP contribution is -2.48. The Labute approximate surface area is 118 Å². The molecular weight excluding hydrogens is 292 g/mol. The molecular formula is C14H21BrN2O. The van der Waals surface area contributed by atoms with E-state index in [1.807, 2.05) is 12.1 Å². The molecule has 0 spiro atoms. The van der Waals surface area contributed by atoms with Crippen LogP contribution in [0, 0.1) is 0 Å². The van der Waals surface area contributed by atoms with E-state index in [0.29, 0.717) is 6.10 Å². The van der Waals surface area contributed by atoms with Crippen molar-refractivity contribution >= 4 is 15.9 Å². The van der Waals surface area contributed by atoms with Gasteiger partial charge in [-0.2, -0.15) is 0 Å². The Bertz CT molecular complexity index is 378. The first-order valence-electron chi connectivity index (χ1n) is 6.48. The van der Waals surface area contributed by atoms with Crippen LogP contribution in [0.25, 0.3) is 0 Å². The number of hydrogen-bond donors (Lipinski definition) is 0. The highest BCUT2D eigenvalue weighted by atomic mass is 79.9. The first-order valence-corrected chi connectivity index (χ1v) is 7.28. The van der Waals surface area contributed by atoms with Crippen molar-refractivity contribution in [2.45, 2.75) is 45.3 Å². The highest BCUT2D eigenvalue weighted by Crippen LogP contribution is 2.23. The van der Waals surface area contributed by atoms with Gasteiger partial charge in [0.25, 0.3) is 0 Å². The summed E-state index contributed by atoms with van der Waals surface area (Å²) in [5.74, 6) is 0.729. The van der Waals surface area contributed by atoms with Crippen molar-refractivity contribution in [1.82, 2.24) is 9.88 Å². The number of nitrogens with zero attached hydrogens (tertiary/aromatic N) is 2. The lowest BCUT2D eigenvalue weighted by Gasteiger charge is -2.40. The number of piperidine rings is 1. The van der Waals surface area contributed by atoms with Crippen LogP contribution in [0.15, 0.2) is 22.8 Å². The Balaban J connectivity index is 1.85. The average molecular weight is 313 g/mol. The summed E-state index contributed by atoms with van der Waals surface area (Å²) in [4.78, 5) is 6.77. The van der Waals surface area contributed by atoms with Gasteiger partial charge < -0.3 is 4.74 Å². The van der Waals surface area contributed by atoms with Gasteiger partial charge in [-0.1, -0.05) is 0 Å². The van der Waals surface area contributed by atoms with Crippen molar-refractivity contribution in [3.63, 3.8) is 0 Å². The van der Waals surface area contributed by atoms with Crippen LogP contribution in [0.5, 0.6) is 5.88 Å². The van der Waals surface area contributed by atoms with Crippen LogP contribution in [0.1, 0.15) is 33.6 Å². The topological polar surface area (TPSA) is 25.4 Å². The van der Waals surface area contributed by atoms with Crippen molar-refractivity contribution in [2.24, 2.45) is 0 Å². The molecule has 1 aliphatic rings. The zero-order chi connectivity index (χ0) is 13.2. The third-order valence-corrected chi connectivity index (χ3v) is 3.85. The van der Waals surface area contributed by atoms with E-state index in [0.717, 1.165) is 36.3 Å². The Morgan fingerprint density at radius 2 is 1.94 bits per heavy atom. The molecule has 100 valence electrons. The summed E-state index contributed by atoms with van der Waals surface area (Å²) in [5, 5.41) is 0. The molecule has 0 amide bonds. The molecule has 0 aromatic carbocycles. The largest absolute Gasteiger partial charge is 0.474 e. The molecule has 1 aromatic heterocycles. The van der Waals surface area contributed by atoms with Crippen LogP contribution >= 0.6 is 15.9 Å². The second-order valence-corrected chi connectivity index (χ2v) is 6.71. The molecule has 1 saturated heterocycles. The molecule has 0 radical (unpaired) electrons. The fourth-order valence-electron chi connectivity index (χ4n) is 2.25. The Morgan fingerprint density at radius 3 is 2.44 bits per heavy atom. The number of ether oxygens (including phenoxy) is 1. The van der Waals surface area contributed by atoms with Crippen molar-refractivity contribution in [3.05, 3.63) is 22.8 Å². The minimum Gasteiger partial charge on any atom is -0.474 e. The fraction of sp³-hybridized carbons (Fsp3) is 0.643. The molecule has 2 rings (SSSR count). The number of aromatic nitrogens is 1. The van der Waals surface area contributed by atoms with Crippen LogP contribution in [-0.2, 0) is 0 Å². The Kier molecular flexibility index (Phi) is 4.28. The van der Waals surface area contributed by atoms with Gasteiger partial charge in [0, 0.05) is 35.4 Å². The second-order valence-electron chi connectivity index (χ2n) is 5.79. The van der Waals surface area contributed by atoms with Crippen LogP contribution in [0.4, 0.5) is 0 Å². The van der Waals surface area contributed by atoms with Gasteiger partial charge in [-0.25, -0.2) is 4.98 Å². The van der Waals surface area contributed by atoms with E-state index in [-0.39, 0.29) is 5.54 Å². The monoisotopic (exact) mass is 312 g/mol. The minimum atomic E-state index is 0.265. The van der Waals surface area contributed by atoms with Crippen LogP contribution in [-0.4, -0.2) is 34.6 Å². The van der Waals surface area contributed by atoms with Gasteiger partial charge in [-0.15, -0.1) is 0 Å². The van der Waals surface area contributed by atoms with E-state index in [9.17, 15) is 0 Å². The maximum atomic E-state index is 5.91. The predicted molar refractivity (Wildman–Crippen MR) is 76.9 cm³/mol. The molecule has 1 aliphatic heterocycles. The first kappa shape index (κ1) is 13.8. The number of halogens is 1. The maximum Gasteiger partial charge on any atom is 0.213 e. The summed E-state index contributed by atoms with van der Waals surface area (Å²) in [6, 6.07) is 3.88. The van der Waals surface area contributed by atoms with E-state index < -0.39 is 0 Å². The molecule has 0 N–H and O–H groups in total. The summed E-state index contributed by atoms with van der Waals surface area (Å²) >= 11 is 3.38. The van der Waals surface area contributed by atoms with Crippen LogP contribution in [0.2, 0.25) is 0 Å². The second kappa shape index (κ2) is 5.57. The highest BCUT2D eigenvalue weighted by Gasteiger charge is 2.27. The number of hydrogen-bond acceptors (Lipinski definition) is 3. The molecule has 0 unspecified atom stereocenters. The van der Waals surface area contributed by atoms with Crippen molar-refractivity contribution < 1.29 is 4.74 Å². The van der Waals surface area contributed by atoms with Gasteiger partial charge in [0.05, 0.1) is 0 Å². The Morgan fingerprint density at radius 1 is 1.28 bits per heavy atom. The van der Waals surface area contributed by atoms with Crippen molar-refractivity contribution in [1.29, 1.82) is 0 Å². The third kappa shape index (κ3) is 3.69. The number of likely N-dealkylation sites (tertiary alicyclic amines) is 1. The van der Waals surface area contributed by atoms with E-state index in [1.165, 1.54) is 0 Å². The minimum absolute atomic E-state index is 0.265. The molecule has 3 nitrogen and oxygen atoms in total. The molecule has 0 aliphatic carbocycles. The average Bonchev–Trinajstić information content (AvgIpc) is 2.32. The molecule has 1 aromatic rings. The molecule has 4 heteroatoms. The Hall–Kier alpha value is -0.610. The lowest BCUT2D eigenvalue weighted by molar-refractivity contribution is 0.0472. The van der Waals surface area contributed by atoms with Crippen LogP contribution < -0.4 is 4.74 Å². The number of rotatable bonds is 2. The van der Waals surface area contributed by atoms with E-state index >= 15 is 0 Å².